The standard InChI is InChI=1S/C21H26N2O/c22-20-10-8-19(9-11-20)16-21(24)23-14-12-18(13-15-23)7-6-17-4-2-1-3-5-17/h1-5,8-11,18H,6-7,12-16,22H2. The van der Waals surface area contributed by atoms with Gasteiger partial charge >= 0.3 is 0 Å². The van der Waals surface area contributed by atoms with Gasteiger partial charge < -0.3 is 10.6 Å². The van der Waals surface area contributed by atoms with Gasteiger partial charge in [-0.2, -0.15) is 0 Å². The minimum Gasteiger partial charge on any atom is -0.399 e. The number of carbonyl (C=O) groups excluding carboxylic acids is 1. The van der Waals surface area contributed by atoms with Crippen molar-refractivity contribution >= 4 is 11.6 Å². The van der Waals surface area contributed by atoms with E-state index in [1.165, 1.54) is 12.0 Å². The van der Waals surface area contributed by atoms with Crippen LogP contribution in [0.5, 0.6) is 0 Å². The van der Waals surface area contributed by atoms with E-state index in [-0.39, 0.29) is 5.91 Å². The highest BCUT2D eigenvalue weighted by molar-refractivity contribution is 5.79. The molecule has 3 heteroatoms. The van der Waals surface area contributed by atoms with E-state index in [1.54, 1.807) is 0 Å². The zero-order valence-electron chi connectivity index (χ0n) is 14.2. The van der Waals surface area contributed by atoms with Gasteiger partial charge in [-0.05, 0) is 54.9 Å². The second kappa shape index (κ2) is 8.00. The van der Waals surface area contributed by atoms with E-state index in [2.05, 4.69) is 30.3 Å². The molecule has 24 heavy (non-hydrogen) atoms. The first-order valence-electron chi connectivity index (χ1n) is 8.87. The van der Waals surface area contributed by atoms with Crippen molar-refractivity contribution in [2.24, 2.45) is 5.92 Å². The third-order valence-corrected chi connectivity index (χ3v) is 4.99. The summed E-state index contributed by atoms with van der Waals surface area (Å²) in [5.41, 5.74) is 8.89. The Morgan fingerprint density at radius 1 is 0.958 bits per heavy atom. The number of hydrogen-bond donors (Lipinski definition) is 1. The van der Waals surface area contributed by atoms with E-state index < -0.39 is 0 Å². The largest absolute Gasteiger partial charge is 0.399 e. The molecule has 2 N–H and O–H groups in total. The highest BCUT2D eigenvalue weighted by Gasteiger charge is 2.22. The van der Waals surface area contributed by atoms with Crippen LogP contribution in [-0.2, 0) is 17.6 Å². The lowest BCUT2D eigenvalue weighted by Gasteiger charge is -2.32. The SMILES string of the molecule is Nc1ccc(CC(=O)N2CCC(CCc3ccccc3)CC2)cc1. The first-order valence-corrected chi connectivity index (χ1v) is 8.87. The van der Waals surface area contributed by atoms with Crippen LogP contribution >= 0.6 is 0 Å². The van der Waals surface area contributed by atoms with Crippen LogP contribution in [0.3, 0.4) is 0 Å². The molecule has 0 aliphatic carbocycles. The molecule has 0 atom stereocenters. The maximum Gasteiger partial charge on any atom is 0.226 e. The molecule has 2 aromatic carbocycles. The van der Waals surface area contributed by atoms with Crippen molar-refractivity contribution < 1.29 is 4.79 Å². The molecular weight excluding hydrogens is 296 g/mol. The maximum atomic E-state index is 12.4. The van der Waals surface area contributed by atoms with Crippen molar-refractivity contribution in [3.8, 4) is 0 Å². The van der Waals surface area contributed by atoms with Gasteiger partial charge in [0.1, 0.15) is 0 Å². The van der Waals surface area contributed by atoms with Crippen molar-refractivity contribution in [3.63, 3.8) is 0 Å². The summed E-state index contributed by atoms with van der Waals surface area (Å²) >= 11 is 0. The fourth-order valence-electron chi connectivity index (χ4n) is 3.41. The van der Waals surface area contributed by atoms with Gasteiger partial charge in [0, 0.05) is 18.8 Å². The van der Waals surface area contributed by atoms with E-state index in [9.17, 15) is 4.79 Å². The first-order chi connectivity index (χ1) is 11.7. The number of amides is 1. The Morgan fingerprint density at radius 3 is 2.29 bits per heavy atom. The van der Waals surface area contributed by atoms with Crippen LogP contribution in [-0.4, -0.2) is 23.9 Å². The second-order valence-electron chi connectivity index (χ2n) is 6.77. The third kappa shape index (κ3) is 4.60. The maximum absolute atomic E-state index is 12.4. The quantitative estimate of drug-likeness (QED) is 0.854. The molecule has 126 valence electrons. The normalized spacial score (nSPS) is 15.4. The Hall–Kier alpha value is -2.29. The van der Waals surface area contributed by atoms with Crippen molar-refractivity contribution in [1.29, 1.82) is 0 Å². The van der Waals surface area contributed by atoms with Gasteiger partial charge in [0.25, 0.3) is 0 Å². The Bertz CT molecular complexity index is 643. The topological polar surface area (TPSA) is 46.3 Å². The number of nitrogens with two attached hydrogens (primary N) is 1. The first kappa shape index (κ1) is 16.6. The van der Waals surface area contributed by atoms with Gasteiger partial charge in [0.2, 0.25) is 5.91 Å². The van der Waals surface area contributed by atoms with Gasteiger partial charge in [-0.1, -0.05) is 42.5 Å². The Balaban J connectivity index is 1.42. The minimum atomic E-state index is 0.237. The number of benzene rings is 2. The molecular formula is C21H26N2O. The summed E-state index contributed by atoms with van der Waals surface area (Å²) in [6.45, 7) is 1.79. The molecule has 3 rings (SSSR count). The summed E-state index contributed by atoms with van der Waals surface area (Å²) in [6.07, 6.45) is 5.10. The molecule has 1 heterocycles. The predicted octanol–water partition coefficient (Wildman–Crippen LogP) is 3.68. The molecule has 2 aromatic rings. The fraction of sp³-hybridized carbons (Fsp3) is 0.381. The van der Waals surface area contributed by atoms with Crippen molar-refractivity contribution in [2.75, 3.05) is 18.8 Å². The van der Waals surface area contributed by atoms with Crippen molar-refractivity contribution in [1.82, 2.24) is 4.90 Å². The summed E-state index contributed by atoms with van der Waals surface area (Å²) in [5.74, 6) is 0.979. The predicted molar refractivity (Wildman–Crippen MR) is 98.6 cm³/mol. The lowest BCUT2D eigenvalue weighted by molar-refractivity contribution is -0.131. The van der Waals surface area contributed by atoms with Crippen molar-refractivity contribution in [2.45, 2.75) is 32.1 Å². The highest BCUT2D eigenvalue weighted by atomic mass is 16.2. The van der Waals surface area contributed by atoms with E-state index in [4.69, 9.17) is 5.73 Å². The summed E-state index contributed by atoms with van der Waals surface area (Å²) in [6, 6.07) is 18.3. The van der Waals surface area contributed by atoms with Gasteiger partial charge in [-0.3, -0.25) is 4.79 Å². The molecule has 0 unspecified atom stereocenters. The summed E-state index contributed by atoms with van der Waals surface area (Å²) in [5, 5.41) is 0. The number of nitrogen functional groups attached to an aromatic ring is 1. The van der Waals surface area contributed by atoms with Crippen LogP contribution in [0.25, 0.3) is 0 Å². The number of carbonyl (C=O) groups is 1. The molecule has 1 amide bonds. The van der Waals surface area contributed by atoms with Crippen LogP contribution in [0.15, 0.2) is 54.6 Å². The van der Waals surface area contributed by atoms with Crippen LogP contribution in [0.4, 0.5) is 5.69 Å². The number of rotatable bonds is 5. The zero-order valence-corrected chi connectivity index (χ0v) is 14.2. The van der Waals surface area contributed by atoms with E-state index in [0.29, 0.717) is 6.42 Å². The van der Waals surface area contributed by atoms with Gasteiger partial charge in [0.15, 0.2) is 0 Å². The van der Waals surface area contributed by atoms with Crippen LogP contribution in [0.1, 0.15) is 30.4 Å². The molecule has 0 bridgehead atoms. The number of anilines is 1. The lowest BCUT2D eigenvalue weighted by Crippen LogP contribution is -2.39. The average Bonchev–Trinajstić information content (AvgIpc) is 2.63. The van der Waals surface area contributed by atoms with E-state index in [0.717, 1.165) is 49.5 Å². The average molecular weight is 322 g/mol. The lowest BCUT2D eigenvalue weighted by atomic mass is 9.90. The minimum absolute atomic E-state index is 0.237. The molecule has 3 nitrogen and oxygen atoms in total. The monoisotopic (exact) mass is 322 g/mol. The molecule has 0 saturated carbocycles. The summed E-state index contributed by atoms with van der Waals surface area (Å²) in [4.78, 5) is 14.5. The Kier molecular flexibility index (Phi) is 5.52. The van der Waals surface area contributed by atoms with E-state index in [1.807, 2.05) is 29.2 Å². The van der Waals surface area contributed by atoms with E-state index >= 15 is 0 Å². The van der Waals surface area contributed by atoms with Gasteiger partial charge in [0.05, 0.1) is 6.42 Å². The fourth-order valence-corrected chi connectivity index (χ4v) is 3.41. The third-order valence-electron chi connectivity index (χ3n) is 4.99. The van der Waals surface area contributed by atoms with Crippen LogP contribution < -0.4 is 5.73 Å². The molecule has 1 fully saturated rings. The number of hydrogen-bond acceptors (Lipinski definition) is 2. The molecule has 0 spiro atoms. The Labute approximate surface area is 144 Å². The molecule has 1 aliphatic rings. The zero-order chi connectivity index (χ0) is 16.8. The summed E-state index contributed by atoms with van der Waals surface area (Å²) in [7, 11) is 0. The number of aryl methyl sites for hydroxylation is 1. The molecule has 0 radical (unpaired) electrons. The molecule has 1 aliphatic heterocycles. The highest BCUT2D eigenvalue weighted by Crippen LogP contribution is 2.23. The molecule has 0 aromatic heterocycles. The second-order valence-corrected chi connectivity index (χ2v) is 6.77. The summed E-state index contributed by atoms with van der Waals surface area (Å²) < 4.78 is 0. The smallest absolute Gasteiger partial charge is 0.226 e. The van der Waals surface area contributed by atoms with Crippen molar-refractivity contribution in [3.05, 3.63) is 65.7 Å². The van der Waals surface area contributed by atoms with Crippen LogP contribution in [0.2, 0.25) is 0 Å². The number of piperidine rings is 1. The van der Waals surface area contributed by atoms with Gasteiger partial charge in [-0.15, -0.1) is 0 Å². The Morgan fingerprint density at radius 2 is 1.62 bits per heavy atom. The number of nitrogens with zero attached hydrogens (tertiary/aromatic N) is 1. The molecule has 1 saturated heterocycles. The number of likely N-dealkylation sites (tertiary alicyclic amines) is 1. The van der Waals surface area contributed by atoms with Crippen LogP contribution in [0, 0.1) is 5.92 Å². The van der Waals surface area contributed by atoms with Gasteiger partial charge in [-0.25, -0.2) is 0 Å².